The Bertz CT molecular complexity index is 216. The van der Waals surface area contributed by atoms with Crippen LogP contribution in [0.5, 0.6) is 0 Å². The molecule has 0 aromatic rings. The van der Waals surface area contributed by atoms with Crippen molar-refractivity contribution < 1.29 is 19.1 Å². The van der Waals surface area contributed by atoms with Gasteiger partial charge in [-0.1, -0.05) is 0 Å². The molecule has 0 radical (unpaired) electrons. The van der Waals surface area contributed by atoms with Crippen molar-refractivity contribution in [3.63, 3.8) is 0 Å². The zero-order valence-corrected chi connectivity index (χ0v) is 9.36. The summed E-state index contributed by atoms with van der Waals surface area (Å²) in [5, 5.41) is 0. The Morgan fingerprint density at radius 1 is 1.40 bits per heavy atom. The Morgan fingerprint density at radius 3 is 2.40 bits per heavy atom. The number of carbonyl (C=O) groups excluding carboxylic acids is 2. The van der Waals surface area contributed by atoms with Crippen LogP contribution >= 0.6 is 0 Å². The van der Waals surface area contributed by atoms with E-state index in [1.165, 1.54) is 26.2 Å². The van der Waals surface area contributed by atoms with Crippen molar-refractivity contribution in [2.45, 2.75) is 12.5 Å². The van der Waals surface area contributed by atoms with Gasteiger partial charge in [-0.05, 0) is 0 Å². The van der Waals surface area contributed by atoms with Crippen LogP contribution in [0.15, 0.2) is 0 Å². The molecule has 0 aliphatic carbocycles. The molecule has 1 atom stereocenters. The van der Waals surface area contributed by atoms with Crippen LogP contribution in [0.25, 0.3) is 0 Å². The first-order chi connectivity index (χ1) is 7.04. The van der Waals surface area contributed by atoms with Crippen LogP contribution in [0.1, 0.15) is 6.42 Å². The smallest absolute Gasteiger partial charge is 0.325 e. The van der Waals surface area contributed by atoms with Crippen LogP contribution in [-0.2, 0) is 19.1 Å². The van der Waals surface area contributed by atoms with E-state index >= 15 is 0 Å². The minimum Gasteiger partial charge on any atom is -0.468 e. The van der Waals surface area contributed by atoms with E-state index < -0.39 is 5.97 Å². The van der Waals surface area contributed by atoms with E-state index in [1.54, 1.807) is 0 Å². The molecule has 1 unspecified atom stereocenters. The summed E-state index contributed by atoms with van der Waals surface area (Å²) in [5.41, 5.74) is 5.37. The predicted molar refractivity (Wildman–Crippen MR) is 54.1 cm³/mol. The Labute approximate surface area is 89.3 Å². The number of hydrogen-bond donors (Lipinski definition) is 1. The molecule has 0 fully saturated rings. The van der Waals surface area contributed by atoms with Crippen molar-refractivity contribution in [1.82, 2.24) is 4.90 Å². The molecule has 6 nitrogen and oxygen atoms in total. The second-order valence-corrected chi connectivity index (χ2v) is 3.12. The summed E-state index contributed by atoms with van der Waals surface area (Å²) in [5.74, 6) is -0.648. The van der Waals surface area contributed by atoms with E-state index in [9.17, 15) is 9.59 Å². The number of amides is 1. The maximum Gasteiger partial charge on any atom is 0.325 e. The van der Waals surface area contributed by atoms with Gasteiger partial charge in [0.05, 0.1) is 19.6 Å². The number of hydrogen-bond acceptors (Lipinski definition) is 5. The molecule has 0 bridgehead atoms. The Hall–Kier alpha value is -1.14. The predicted octanol–water partition coefficient (Wildman–Crippen LogP) is -1.02. The molecule has 88 valence electrons. The number of rotatable bonds is 6. The number of nitrogens with zero attached hydrogens (tertiary/aromatic N) is 1. The van der Waals surface area contributed by atoms with Crippen LogP contribution in [0.2, 0.25) is 0 Å². The molecule has 0 aromatic heterocycles. The second kappa shape index (κ2) is 7.19. The first-order valence-corrected chi connectivity index (χ1v) is 4.58. The molecule has 0 aromatic carbocycles. The topological polar surface area (TPSA) is 81.9 Å². The van der Waals surface area contributed by atoms with Gasteiger partial charge in [0.25, 0.3) is 0 Å². The maximum absolute atomic E-state index is 11.5. The Kier molecular flexibility index (Phi) is 6.64. The van der Waals surface area contributed by atoms with E-state index in [0.717, 1.165) is 0 Å². The molecule has 15 heavy (non-hydrogen) atoms. The summed E-state index contributed by atoms with van der Waals surface area (Å²) in [7, 11) is 4.30. The normalized spacial score (nSPS) is 12.0. The van der Waals surface area contributed by atoms with E-state index in [1.807, 2.05) is 0 Å². The molecular weight excluding hydrogens is 200 g/mol. The van der Waals surface area contributed by atoms with Gasteiger partial charge in [0.15, 0.2) is 0 Å². The van der Waals surface area contributed by atoms with Gasteiger partial charge in [0.2, 0.25) is 5.91 Å². The first-order valence-electron chi connectivity index (χ1n) is 4.58. The average molecular weight is 218 g/mol. The number of ether oxygens (including phenoxy) is 2. The SMILES string of the molecule is COC(=O)CN(C)C(=O)CC(CN)OC. The van der Waals surface area contributed by atoms with Crippen molar-refractivity contribution in [2.24, 2.45) is 5.73 Å². The van der Waals surface area contributed by atoms with Gasteiger partial charge in [0, 0.05) is 20.7 Å². The van der Waals surface area contributed by atoms with Gasteiger partial charge in [-0.2, -0.15) is 0 Å². The summed E-state index contributed by atoms with van der Waals surface area (Å²) in [6.45, 7) is 0.213. The molecule has 0 spiro atoms. The van der Waals surface area contributed by atoms with E-state index in [2.05, 4.69) is 4.74 Å². The average Bonchev–Trinajstić information content (AvgIpc) is 2.24. The van der Waals surface area contributed by atoms with Gasteiger partial charge in [-0.15, -0.1) is 0 Å². The summed E-state index contributed by atoms with van der Waals surface area (Å²) in [6, 6.07) is 0. The molecule has 6 heteroatoms. The molecule has 0 saturated carbocycles. The lowest BCUT2D eigenvalue weighted by Gasteiger charge is -2.18. The minimum absolute atomic E-state index is 0.0592. The van der Waals surface area contributed by atoms with Gasteiger partial charge >= 0.3 is 5.97 Å². The third-order valence-electron chi connectivity index (χ3n) is 2.02. The Balaban J connectivity index is 4.03. The highest BCUT2D eigenvalue weighted by Crippen LogP contribution is 1.99. The van der Waals surface area contributed by atoms with Crippen molar-refractivity contribution in [3.8, 4) is 0 Å². The van der Waals surface area contributed by atoms with Crippen molar-refractivity contribution >= 4 is 11.9 Å². The van der Waals surface area contributed by atoms with Crippen LogP contribution < -0.4 is 5.73 Å². The second-order valence-electron chi connectivity index (χ2n) is 3.12. The van der Waals surface area contributed by atoms with Crippen LogP contribution in [-0.4, -0.2) is 57.2 Å². The van der Waals surface area contributed by atoms with E-state index in [-0.39, 0.29) is 31.5 Å². The fraction of sp³-hybridized carbons (Fsp3) is 0.778. The van der Waals surface area contributed by atoms with Gasteiger partial charge in [-0.25, -0.2) is 0 Å². The molecule has 1 amide bonds. The fourth-order valence-corrected chi connectivity index (χ4v) is 0.960. The van der Waals surface area contributed by atoms with Crippen molar-refractivity contribution in [2.75, 3.05) is 34.4 Å². The number of nitrogens with two attached hydrogens (primary N) is 1. The quantitative estimate of drug-likeness (QED) is 0.577. The fourth-order valence-electron chi connectivity index (χ4n) is 0.960. The standard InChI is InChI=1S/C9H18N2O4/c1-11(6-9(13)15-3)8(12)4-7(5-10)14-2/h7H,4-6,10H2,1-3H3. The Morgan fingerprint density at radius 2 is 2.00 bits per heavy atom. The zero-order valence-electron chi connectivity index (χ0n) is 9.36. The van der Waals surface area contributed by atoms with Crippen molar-refractivity contribution in [1.29, 1.82) is 0 Å². The largest absolute Gasteiger partial charge is 0.468 e. The van der Waals surface area contributed by atoms with Crippen LogP contribution in [0, 0.1) is 0 Å². The van der Waals surface area contributed by atoms with Gasteiger partial charge < -0.3 is 20.1 Å². The van der Waals surface area contributed by atoms with Gasteiger partial charge in [-0.3, -0.25) is 9.59 Å². The third-order valence-corrected chi connectivity index (χ3v) is 2.02. The maximum atomic E-state index is 11.5. The number of esters is 1. The summed E-state index contributed by atoms with van der Waals surface area (Å²) in [6.07, 6.45) is -0.141. The van der Waals surface area contributed by atoms with Gasteiger partial charge in [0.1, 0.15) is 6.54 Å². The molecule has 0 rings (SSSR count). The number of carbonyl (C=O) groups is 2. The molecule has 0 heterocycles. The van der Waals surface area contributed by atoms with E-state index in [0.29, 0.717) is 0 Å². The molecule has 0 saturated heterocycles. The number of methoxy groups -OCH3 is 2. The summed E-state index contributed by atoms with van der Waals surface area (Å²) < 4.78 is 9.40. The highest BCUT2D eigenvalue weighted by atomic mass is 16.5. The highest BCUT2D eigenvalue weighted by Gasteiger charge is 2.17. The third kappa shape index (κ3) is 5.34. The highest BCUT2D eigenvalue weighted by molar-refractivity contribution is 5.82. The van der Waals surface area contributed by atoms with Crippen molar-refractivity contribution in [3.05, 3.63) is 0 Å². The zero-order chi connectivity index (χ0) is 11.8. The van der Waals surface area contributed by atoms with Crippen LogP contribution in [0.3, 0.4) is 0 Å². The number of likely N-dealkylation sites (N-methyl/N-ethyl adjacent to an activating group) is 1. The lowest BCUT2D eigenvalue weighted by atomic mass is 10.2. The summed E-state index contributed by atoms with van der Waals surface area (Å²) in [4.78, 5) is 23.7. The van der Waals surface area contributed by atoms with Crippen LogP contribution in [0.4, 0.5) is 0 Å². The lowest BCUT2D eigenvalue weighted by Crippen LogP contribution is -2.36. The molecule has 2 N–H and O–H groups in total. The summed E-state index contributed by atoms with van der Waals surface area (Å²) >= 11 is 0. The van der Waals surface area contributed by atoms with E-state index in [4.69, 9.17) is 10.5 Å². The molecular formula is C9H18N2O4. The lowest BCUT2D eigenvalue weighted by molar-refractivity contribution is -0.146. The minimum atomic E-state index is -0.451. The first kappa shape index (κ1) is 13.9. The monoisotopic (exact) mass is 218 g/mol. The molecule has 0 aliphatic heterocycles. The molecule has 0 aliphatic rings.